The molecule has 1 heterocycles. The van der Waals surface area contributed by atoms with Crippen LogP contribution in [-0.2, 0) is 17.1 Å². The van der Waals surface area contributed by atoms with Gasteiger partial charge in [0, 0.05) is 17.5 Å². The van der Waals surface area contributed by atoms with Crippen molar-refractivity contribution in [3.8, 4) is 5.75 Å². The maximum atomic E-state index is 11.1. The Morgan fingerprint density at radius 1 is 0.897 bits per heavy atom. The Morgan fingerprint density at radius 3 is 1.90 bits per heavy atom. The molecule has 2 saturated carbocycles. The van der Waals surface area contributed by atoms with Crippen molar-refractivity contribution in [1.29, 1.82) is 0 Å². The van der Waals surface area contributed by atoms with E-state index < -0.39 is 24.7 Å². The average molecular weight is 677 g/mol. The minimum Gasteiger partial charge on any atom is -0.496 e. The van der Waals surface area contributed by atoms with Gasteiger partial charge in [0.05, 0.1) is 18.1 Å². The summed E-state index contributed by atoms with van der Waals surface area (Å²) in [6, 6.07) is 5.02. The van der Waals surface area contributed by atoms with Gasteiger partial charge in [-0.2, -0.15) is 0 Å². The smallest absolute Gasteiger partial charge is 0.496 e. The summed E-state index contributed by atoms with van der Waals surface area (Å²) < 4.78 is 10.1. The monoisotopic (exact) mass is 678 g/mol. The minimum absolute atomic E-state index is 0. The molecule has 2 fully saturated rings. The third-order valence-electron chi connectivity index (χ3n) is 6.31. The molecule has 208 valence electrons. The fraction of sp³-hybridized carbons (Fsp3) is 0.406. The summed E-state index contributed by atoms with van der Waals surface area (Å²) in [7, 11) is 1.49. The van der Waals surface area contributed by atoms with Gasteiger partial charge < -0.3 is 11.2 Å². The zero-order valence-corrected chi connectivity index (χ0v) is 27.7. The van der Waals surface area contributed by atoms with Gasteiger partial charge >= 0.3 is 109 Å². The third-order valence-corrected chi connectivity index (χ3v) is 15.4. The number of non-ortho nitro benzene ring substituents is 1. The second kappa shape index (κ2) is 21.8. The van der Waals surface area contributed by atoms with Crippen molar-refractivity contribution in [2.24, 2.45) is 0 Å². The van der Waals surface area contributed by atoms with Gasteiger partial charge in [-0.1, -0.05) is 12.8 Å². The van der Waals surface area contributed by atoms with E-state index in [1.54, 1.807) is 25.6 Å². The summed E-state index contributed by atoms with van der Waals surface area (Å²) in [6.45, 7) is 7.00. The summed E-state index contributed by atoms with van der Waals surface area (Å²) in [5.41, 5.74) is 1.24. The Morgan fingerprint density at radius 2 is 1.46 bits per heavy atom. The number of nitrogens with zero attached hydrogens (tertiary/aromatic N) is 2. The molecule has 2 aromatic rings. The fourth-order valence-corrected chi connectivity index (χ4v) is 13.6. The Labute approximate surface area is 256 Å². The Balaban J connectivity index is 0.000000344. The summed E-state index contributed by atoms with van der Waals surface area (Å²) in [5.74, 6) is 1.48. The number of unbranched alkanes of at least 4 members (excludes halogenated alkanes) is 3. The largest absolute Gasteiger partial charge is 2.00 e. The van der Waals surface area contributed by atoms with Crippen LogP contribution in [0.15, 0.2) is 24.4 Å². The van der Waals surface area contributed by atoms with Crippen molar-refractivity contribution in [3.63, 3.8) is 0 Å². The van der Waals surface area contributed by atoms with E-state index in [0.717, 1.165) is 11.5 Å². The van der Waals surface area contributed by atoms with Crippen LogP contribution in [0.5, 0.6) is 5.75 Å². The quantitative estimate of drug-likeness (QED) is 0.0977. The van der Waals surface area contributed by atoms with Crippen LogP contribution in [-0.4, -0.2) is 36.8 Å². The Bertz CT molecular complexity index is 906. The second-order valence-corrected chi connectivity index (χ2v) is 17.9. The molecule has 2 aliphatic carbocycles. The molecule has 4 rings (SSSR count). The molecule has 0 aliphatic heterocycles. The first-order valence-electron chi connectivity index (χ1n) is 13.8. The van der Waals surface area contributed by atoms with Gasteiger partial charge in [0.2, 0.25) is 0 Å². The van der Waals surface area contributed by atoms with Crippen LogP contribution in [0, 0.1) is 73.8 Å². The van der Waals surface area contributed by atoms with Gasteiger partial charge in [0.15, 0.2) is 0 Å². The molecule has 5 nitrogen and oxygen atoms in total. The molecule has 7 heteroatoms. The van der Waals surface area contributed by atoms with Crippen LogP contribution < -0.4 is 4.74 Å². The van der Waals surface area contributed by atoms with Gasteiger partial charge in [-0.25, -0.2) is 17.8 Å². The van der Waals surface area contributed by atoms with Gasteiger partial charge in [-0.05, 0) is 43.4 Å². The van der Waals surface area contributed by atoms with E-state index in [1.165, 1.54) is 51.7 Å². The molecule has 39 heavy (non-hydrogen) atoms. The number of ether oxygens (including phenoxy) is 1. The predicted octanol–water partition coefficient (Wildman–Crippen LogP) is 8.68. The summed E-state index contributed by atoms with van der Waals surface area (Å²) >= 11 is -0.839. The van der Waals surface area contributed by atoms with Crippen LogP contribution >= 0.6 is 0 Å². The van der Waals surface area contributed by atoms with Crippen LogP contribution in [0.1, 0.15) is 64.9 Å². The number of aromatic nitrogens is 1. The van der Waals surface area contributed by atoms with E-state index in [4.69, 9.17) is 4.74 Å². The van der Waals surface area contributed by atoms with E-state index in [1.807, 2.05) is 57.4 Å². The fourth-order valence-electron chi connectivity index (χ4n) is 4.12. The SMILES string of the molecule is CCC[CH2][Sn+]([CH2]CCC)[CH2]CCC.COc1cc([N+](=O)[O-])c2ncc([C]3[CH][CH][CH][CH]3)cc2c1.[C-]1[CH][CH][CH][CH]1.[Fe+2]. The van der Waals surface area contributed by atoms with Gasteiger partial charge in [0.1, 0.15) is 11.3 Å². The van der Waals surface area contributed by atoms with Crippen molar-refractivity contribution in [3.05, 3.63) is 104 Å². The number of rotatable bonds is 12. The van der Waals surface area contributed by atoms with Crippen LogP contribution in [0.2, 0.25) is 13.3 Å². The summed E-state index contributed by atoms with van der Waals surface area (Å²) in [5, 5.41) is 11.8. The molecular formula is C32H42FeN2O3Sn+2. The zero-order valence-electron chi connectivity index (χ0n) is 23.8. The van der Waals surface area contributed by atoms with Crippen LogP contribution in [0.4, 0.5) is 5.69 Å². The number of pyridine rings is 1. The number of nitro groups is 1. The number of benzene rings is 1. The van der Waals surface area contributed by atoms with Crippen molar-refractivity contribution < 1.29 is 26.7 Å². The molecule has 0 atom stereocenters. The van der Waals surface area contributed by atoms with Gasteiger partial charge in [-0.15, -0.1) is 0 Å². The van der Waals surface area contributed by atoms with Crippen molar-refractivity contribution in [2.75, 3.05) is 7.11 Å². The molecule has 0 N–H and O–H groups in total. The molecular weight excluding hydrogens is 635 g/mol. The summed E-state index contributed by atoms with van der Waals surface area (Å²) in [4.78, 5) is 14.9. The molecule has 0 spiro atoms. The molecule has 1 aromatic heterocycles. The van der Waals surface area contributed by atoms with E-state index >= 15 is 0 Å². The Kier molecular flexibility index (Phi) is 20.3. The van der Waals surface area contributed by atoms with Gasteiger partial charge in [0.25, 0.3) is 5.69 Å². The van der Waals surface area contributed by atoms with Gasteiger partial charge in [-0.3, -0.25) is 10.1 Å². The maximum absolute atomic E-state index is 11.1. The summed E-state index contributed by atoms with van der Waals surface area (Å²) in [6.07, 6.45) is 28.8. The zero-order chi connectivity index (χ0) is 27.6. The standard InChI is InChI=1S/C15H11N2O3.C5H4.3C4H9.Fe.Sn/c1-20-13-7-11-6-12(10-4-2-3-5-10)9-16-15(11)14(8-13)17(18)19;1-2-4-5-3-1;3*1-3-4-2;;/h2-9H,1H3;1-4H;3*1,3-4H2,2H3;;/q;-1;;;;+2;+1. The number of hydrogen-bond acceptors (Lipinski definition) is 4. The predicted molar refractivity (Wildman–Crippen MR) is 160 cm³/mol. The maximum Gasteiger partial charge on any atom is 2.00 e. The van der Waals surface area contributed by atoms with Crippen molar-refractivity contribution in [2.45, 2.75) is 72.6 Å². The normalized spacial score (nSPS) is 14.6. The number of nitro benzene ring substituents is 1. The molecule has 1 aromatic carbocycles. The average Bonchev–Trinajstić information content (AvgIpc) is 3.70. The molecule has 0 bridgehead atoms. The Hall–Kier alpha value is -0.852. The van der Waals surface area contributed by atoms with E-state index in [2.05, 4.69) is 32.2 Å². The van der Waals surface area contributed by atoms with E-state index in [9.17, 15) is 10.1 Å². The minimum atomic E-state index is -0.839. The molecule has 2 aliphatic rings. The molecule has 10 radical (unpaired) electrons. The number of methoxy groups -OCH3 is 1. The topological polar surface area (TPSA) is 65.3 Å². The molecule has 0 saturated heterocycles. The number of fused-ring (bicyclic) bond motifs is 1. The van der Waals surface area contributed by atoms with Crippen LogP contribution in [0.25, 0.3) is 10.9 Å². The third kappa shape index (κ3) is 13.6. The molecule has 0 unspecified atom stereocenters. The first-order valence-corrected chi connectivity index (χ1v) is 19.8. The molecule has 0 amide bonds. The van der Waals surface area contributed by atoms with E-state index in [0.29, 0.717) is 16.7 Å². The van der Waals surface area contributed by atoms with Crippen LogP contribution in [0.3, 0.4) is 0 Å². The van der Waals surface area contributed by atoms with E-state index in [-0.39, 0.29) is 22.8 Å². The second-order valence-electron chi connectivity index (χ2n) is 9.32. The van der Waals surface area contributed by atoms with Crippen molar-refractivity contribution in [1.82, 2.24) is 4.98 Å². The van der Waals surface area contributed by atoms with Crippen molar-refractivity contribution >= 4 is 36.3 Å². The first-order chi connectivity index (χ1) is 18.5. The number of hydrogen-bond donors (Lipinski definition) is 0. The first kappa shape index (κ1) is 36.2.